The summed E-state index contributed by atoms with van der Waals surface area (Å²) in [6, 6.07) is 11.9. The first-order chi connectivity index (χ1) is 18.7. The van der Waals surface area contributed by atoms with Crippen molar-refractivity contribution in [3.8, 4) is 11.5 Å². The van der Waals surface area contributed by atoms with Gasteiger partial charge in [-0.1, -0.05) is 56.0 Å². The van der Waals surface area contributed by atoms with Crippen molar-refractivity contribution in [2.45, 2.75) is 71.0 Å². The molecule has 0 aromatic heterocycles. The summed E-state index contributed by atoms with van der Waals surface area (Å²) in [7, 11) is -3.84. The van der Waals surface area contributed by atoms with Gasteiger partial charge in [0.25, 0.3) is 0 Å². The van der Waals surface area contributed by atoms with Crippen LogP contribution in [0.2, 0.25) is 0 Å². The Bertz CT molecular complexity index is 1280. The second-order valence-electron chi connectivity index (χ2n) is 10.4. The Balaban J connectivity index is 1.62. The highest BCUT2D eigenvalue weighted by Gasteiger charge is 2.33. The number of amides is 2. The van der Waals surface area contributed by atoms with Crippen molar-refractivity contribution in [2.75, 3.05) is 30.3 Å². The number of hydrogen-bond acceptors (Lipinski definition) is 6. The zero-order valence-corrected chi connectivity index (χ0v) is 23.8. The predicted molar refractivity (Wildman–Crippen MR) is 150 cm³/mol. The van der Waals surface area contributed by atoms with Gasteiger partial charge in [0, 0.05) is 18.7 Å². The minimum atomic E-state index is -3.84. The maximum Gasteiger partial charge on any atom is 0.244 e. The number of ether oxygens (including phenoxy) is 2. The molecule has 0 bridgehead atoms. The third-order valence-electron chi connectivity index (χ3n) is 7.27. The Labute approximate surface area is 231 Å². The lowest BCUT2D eigenvalue weighted by molar-refractivity contribution is -0.140. The summed E-state index contributed by atoms with van der Waals surface area (Å²) in [6.07, 6.45) is 6.65. The van der Waals surface area contributed by atoms with E-state index >= 15 is 0 Å². The molecule has 9 nitrogen and oxygen atoms in total. The maximum absolute atomic E-state index is 13.9. The topological polar surface area (TPSA) is 105 Å². The van der Waals surface area contributed by atoms with Gasteiger partial charge in [-0.2, -0.15) is 0 Å². The number of hydrogen-bond donors (Lipinski definition) is 1. The summed E-state index contributed by atoms with van der Waals surface area (Å²) in [4.78, 5) is 28.9. The first-order valence-electron chi connectivity index (χ1n) is 13.7. The Morgan fingerprint density at radius 3 is 2.41 bits per heavy atom. The average molecular weight is 558 g/mol. The van der Waals surface area contributed by atoms with Gasteiger partial charge in [0.05, 0.1) is 11.9 Å². The van der Waals surface area contributed by atoms with Gasteiger partial charge in [-0.15, -0.1) is 0 Å². The highest BCUT2D eigenvalue weighted by Crippen LogP contribution is 2.34. The monoisotopic (exact) mass is 557 g/mol. The molecule has 2 aliphatic rings. The molecule has 4 rings (SSSR count). The molecule has 0 unspecified atom stereocenters. The molecule has 1 fully saturated rings. The SMILES string of the molecule is CC[C@H](C(=O)NC1CCCCC1)N(Cc1cccc(C)c1)C(=O)CN(c1ccc2c(c1)OCCO2)S(C)(=O)=O. The molecule has 1 atom stereocenters. The summed E-state index contributed by atoms with van der Waals surface area (Å²) in [6.45, 7) is 4.35. The lowest BCUT2D eigenvalue weighted by Crippen LogP contribution is -2.53. The molecule has 2 aromatic rings. The fourth-order valence-electron chi connectivity index (χ4n) is 5.27. The minimum absolute atomic E-state index is 0.0986. The van der Waals surface area contributed by atoms with Gasteiger partial charge < -0.3 is 19.7 Å². The standard InChI is InChI=1S/C29H39N3O6S/c1-4-25(29(34)30-23-11-6-5-7-12-23)31(19-22-10-8-9-21(2)17-22)28(33)20-32(39(3,35)36)24-13-14-26-27(18-24)38-16-15-37-26/h8-10,13-14,17-18,23,25H,4-7,11-12,15-16,19-20H2,1-3H3,(H,30,34)/t25-/m1/s1. The predicted octanol–water partition coefficient (Wildman–Crippen LogP) is 3.79. The van der Waals surface area contributed by atoms with E-state index in [1.807, 2.05) is 38.1 Å². The van der Waals surface area contributed by atoms with E-state index in [2.05, 4.69) is 5.32 Å². The molecule has 212 valence electrons. The molecule has 39 heavy (non-hydrogen) atoms. The smallest absolute Gasteiger partial charge is 0.244 e. The van der Waals surface area contributed by atoms with Crippen LogP contribution < -0.4 is 19.1 Å². The maximum atomic E-state index is 13.9. The van der Waals surface area contributed by atoms with Gasteiger partial charge in [0.2, 0.25) is 21.8 Å². The highest BCUT2D eigenvalue weighted by atomic mass is 32.2. The average Bonchev–Trinajstić information content (AvgIpc) is 2.91. The number of nitrogens with zero attached hydrogens (tertiary/aromatic N) is 2. The van der Waals surface area contributed by atoms with Crippen molar-refractivity contribution >= 4 is 27.5 Å². The van der Waals surface area contributed by atoms with E-state index in [0.717, 1.165) is 47.4 Å². The lowest BCUT2D eigenvalue weighted by atomic mass is 9.95. The van der Waals surface area contributed by atoms with E-state index in [0.29, 0.717) is 36.8 Å². The van der Waals surface area contributed by atoms with Crippen LogP contribution in [0.25, 0.3) is 0 Å². The zero-order valence-electron chi connectivity index (χ0n) is 23.0. The first kappa shape index (κ1) is 28.7. The quantitative estimate of drug-likeness (QED) is 0.477. The van der Waals surface area contributed by atoms with E-state index in [1.165, 1.54) is 11.3 Å². The molecule has 1 aliphatic heterocycles. The number of sulfonamides is 1. The van der Waals surface area contributed by atoms with E-state index in [9.17, 15) is 18.0 Å². The number of benzene rings is 2. The Kier molecular flexibility index (Phi) is 9.37. The molecule has 2 aromatic carbocycles. The lowest BCUT2D eigenvalue weighted by Gasteiger charge is -2.34. The molecule has 1 saturated carbocycles. The Hall–Kier alpha value is -3.27. The number of nitrogens with one attached hydrogen (secondary N) is 1. The number of carbonyl (C=O) groups is 2. The van der Waals surface area contributed by atoms with E-state index in [4.69, 9.17) is 9.47 Å². The van der Waals surface area contributed by atoms with Crippen LogP contribution >= 0.6 is 0 Å². The van der Waals surface area contributed by atoms with E-state index in [-0.39, 0.29) is 18.5 Å². The van der Waals surface area contributed by atoms with Crippen molar-refractivity contribution < 1.29 is 27.5 Å². The molecular weight excluding hydrogens is 518 g/mol. The minimum Gasteiger partial charge on any atom is -0.486 e. The van der Waals surface area contributed by atoms with Crippen LogP contribution in [-0.2, 0) is 26.2 Å². The number of rotatable bonds is 10. The third kappa shape index (κ3) is 7.44. The molecule has 0 spiro atoms. The van der Waals surface area contributed by atoms with Gasteiger partial charge in [-0.05, 0) is 43.9 Å². The van der Waals surface area contributed by atoms with Gasteiger partial charge in [0.1, 0.15) is 25.8 Å². The van der Waals surface area contributed by atoms with E-state index < -0.39 is 28.5 Å². The van der Waals surface area contributed by atoms with Gasteiger partial charge in [-0.3, -0.25) is 13.9 Å². The summed E-state index contributed by atoms with van der Waals surface area (Å²) in [5, 5.41) is 3.16. The number of carbonyl (C=O) groups excluding carboxylic acids is 2. The molecule has 10 heteroatoms. The second kappa shape index (κ2) is 12.7. The second-order valence-corrected chi connectivity index (χ2v) is 12.3. The Morgan fingerprint density at radius 2 is 1.74 bits per heavy atom. The van der Waals surface area contributed by atoms with Crippen LogP contribution in [-0.4, -0.2) is 63.2 Å². The number of aryl methyl sites for hydroxylation is 1. The van der Waals surface area contributed by atoms with Crippen LogP contribution in [0.3, 0.4) is 0 Å². The summed E-state index contributed by atoms with van der Waals surface area (Å²) >= 11 is 0. The fourth-order valence-corrected chi connectivity index (χ4v) is 6.11. The highest BCUT2D eigenvalue weighted by molar-refractivity contribution is 7.92. The van der Waals surface area contributed by atoms with Crippen molar-refractivity contribution in [3.63, 3.8) is 0 Å². The van der Waals surface area contributed by atoms with Crippen molar-refractivity contribution in [3.05, 3.63) is 53.6 Å². The van der Waals surface area contributed by atoms with Crippen LogP contribution in [0, 0.1) is 6.92 Å². The van der Waals surface area contributed by atoms with Crippen LogP contribution in [0.1, 0.15) is 56.6 Å². The summed E-state index contributed by atoms with van der Waals surface area (Å²) in [5.74, 6) is 0.296. The first-order valence-corrected chi connectivity index (χ1v) is 15.5. The van der Waals surface area contributed by atoms with Gasteiger partial charge in [0.15, 0.2) is 11.5 Å². The van der Waals surface area contributed by atoms with Crippen LogP contribution in [0.4, 0.5) is 5.69 Å². The van der Waals surface area contributed by atoms with Crippen molar-refractivity contribution in [2.24, 2.45) is 0 Å². The van der Waals surface area contributed by atoms with Gasteiger partial charge in [-0.25, -0.2) is 8.42 Å². The van der Waals surface area contributed by atoms with Crippen molar-refractivity contribution in [1.29, 1.82) is 0 Å². The molecule has 0 radical (unpaired) electrons. The third-order valence-corrected chi connectivity index (χ3v) is 8.41. The largest absolute Gasteiger partial charge is 0.486 e. The molecule has 1 aliphatic carbocycles. The summed E-state index contributed by atoms with van der Waals surface area (Å²) < 4.78 is 38.1. The van der Waals surface area contributed by atoms with Crippen LogP contribution in [0.15, 0.2) is 42.5 Å². The van der Waals surface area contributed by atoms with Crippen molar-refractivity contribution in [1.82, 2.24) is 10.2 Å². The molecule has 1 heterocycles. The number of fused-ring (bicyclic) bond motifs is 1. The molecule has 1 N–H and O–H groups in total. The van der Waals surface area contributed by atoms with Crippen LogP contribution in [0.5, 0.6) is 11.5 Å². The van der Waals surface area contributed by atoms with E-state index in [1.54, 1.807) is 18.2 Å². The molecule has 2 amide bonds. The Morgan fingerprint density at radius 1 is 1.03 bits per heavy atom. The normalized spacial score (nSPS) is 16.3. The molecule has 0 saturated heterocycles. The summed E-state index contributed by atoms with van der Waals surface area (Å²) in [5.41, 5.74) is 2.21. The fraction of sp³-hybridized carbons (Fsp3) is 0.517. The molecular formula is C29H39N3O6S. The van der Waals surface area contributed by atoms with Gasteiger partial charge >= 0.3 is 0 Å². The number of anilines is 1. The zero-order chi connectivity index (χ0) is 28.0.